The molecule has 3 nitrogen and oxygen atoms in total. The van der Waals surface area contributed by atoms with Gasteiger partial charge < -0.3 is 10.3 Å². The molecule has 16 heavy (non-hydrogen) atoms. The summed E-state index contributed by atoms with van der Waals surface area (Å²) in [6.45, 7) is 2.88. The van der Waals surface area contributed by atoms with Gasteiger partial charge in [-0.2, -0.15) is 0 Å². The van der Waals surface area contributed by atoms with Crippen molar-refractivity contribution in [3.05, 3.63) is 40.3 Å². The van der Waals surface area contributed by atoms with Gasteiger partial charge in [-0.05, 0) is 35.5 Å². The zero-order valence-corrected chi connectivity index (χ0v) is 10.9. The molecule has 0 aliphatic carbocycles. The van der Waals surface area contributed by atoms with Gasteiger partial charge in [-0.15, -0.1) is 0 Å². The summed E-state index contributed by atoms with van der Waals surface area (Å²) in [5.41, 5.74) is 4.52. The van der Waals surface area contributed by atoms with Crippen LogP contribution in [0.5, 0.6) is 0 Å². The van der Waals surface area contributed by atoms with E-state index in [1.807, 2.05) is 19.2 Å². The number of hydrogen-bond acceptors (Lipinski definition) is 2. The number of imidazole rings is 1. The van der Waals surface area contributed by atoms with Crippen molar-refractivity contribution in [1.82, 2.24) is 15.3 Å². The van der Waals surface area contributed by atoms with Crippen LogP contribution in [0.15, 0.2) is 29.0 Å². The topological polar surface area (TPSA) is 40.7 Å². The molecule has 0 radical (unpaired) electrons. The minimum Gasteiger partial charge on any atom is -0.335 e. The second-order valence-corrected chi connectivity index (χ2v) is 4.45. The first-order valence-corrected chi connectivity index (χ1v) is 5.96. The van der Waals surface area contributed by atoms with Crippen molar-refractivity contribution in [3.8, 4) is 11.3 Å². The van der Waals surface area contributed by atoms with Crippen LogP contribution in [0.4, 0.5) is 0 Å². The van der Waals surface area contributed by atoms with Gasteiger partial charge in [-0.1, -0.05) is 24.3 Å². The predicted molar refractivity (Wildman–Crippen MR) is 69.2 cm³/mol. The fraction of sp³-hybridized carbons (Fsp3) is 0.250. The molecule has 84 valence electrons. The third kappa shape index (κ3) is 2.18. The average molecular weight is 280 g/mol. The molecule has 2 rings (SSSR count). The Balaban J connectivity index is 2.51. The molecule has 1 aromatic carbocycles. The Bertz CT molecular complexity index is 491. The SMILES string of the molecule is CNCc1[nH]c(Br)nc1-c1ccccc1C. The Morgan fingerprint density at radius 2 is 2.12 bits per heavy atom. The van der Waals surface area contributed by atoms with Crippen molar-refractivity contribution in [2.24, 2.45) is 0 Å². The Morgan fingerprint density at radius 3 is 2.81 bits per heavy atom. The molecule has 0 saturated carbocycles. The third-order valence-electron chi connectivity index (χ3n) is 2.50. The van der Waals surface area contributed by atoms with Gasteiger partial charge in [0, 0.05) is 12.1 Å². The van der Waals surface area contributed by atoms with Gasteiger partial charge in [0.05, 0.1) is 11.4 Å². The summed E-state index contributed by atoms with van der Waals surface area (Å²) in [5.74, 6) is 0. The first kappa shape index (κ1) is 11.4. The quantitative estimate of drug-likeness (QED) is 0.907. The summed E-state index contributed by atoms with van der Waals surface area (Å²) < 4.78 is 0.774. The number of aryl methyl sites for hydroxylation is 1. The normalized spacial score (nSPS) is 10.7. The smallest absolute Gasteiger partial charge is 0.175 e. The summed E-state index contributed by atoms with van der Waals surface area (Å²) in [6, 6.07) is 8.27. The van der Waals surface area contributed by atoms with E-state index in [1.165, 1.54) is 11.1 Å². The van der Waals surface area contributed by atoms with Gasteiger partial charge in [-0.3, -0.25) is 0 Å². The van der Waals surface area contributed by atoms with Crippen molar-refractivity contribution in [2.45, 2.75) is 13.5 Å². The lowest BCUT2D eigenvalue weighted by Gasteiger charge is -2.05. The van der Waals surface area contributed by atoms with Crippen LogP contribution in [0, 0.1) is 6.92 Å². The van der Waals surface area contributed by atoms with E-state index in [-0.39, 0.29) is 0 Å². The zero-order chi connectivity index (χ0) is 11.5. The standard InChI is InChI=1S/C12H14BrN3/c1-8-5-3-4-6-9(8)11-10(7-14-2)15-12(13)16-11/h3-6,14H,7H2,1-2H3,(H,15,16). The van der Waals surface area contributed by atoms with E-state index in [9.17, 15) is 0 Å². The molecular formula is C12H14BrN3. The first-order valence-electron chi connectivity index (χ1n) is 5.17. The van der Waals surface area contributed by atoms with E-state index in [2.05, 4.69) is 50.3 Å². The number of halogens is 1. The van der Waals surface area contributed by atoms with Crippen molar-refractivity contribution >= 4 is 15.9 Å². The second kappa shape index (κ2) is 4.80. The highest BCUT2D eigenvalue weighted by atomic mass is 79.9. The molecule has 4 heteroatoms. The number of H-pyrrole nitrogens is 1. The van der Waals surface area contributed by atoms with Gasteiger partial charge in [0.2, 0.25) is 0 Å². The summed E-state index contributed by atoms with van der Waals surface area (Å²) >= 11 is 3.38. The third-order valence-corrected chi connectivity index (χ3v) is 2.88. The largest absolute Gasteiger partial charge is 0.335 e. The molecule has 0 spiro atoms. The molecule has 1 heterocycles. The van der Waals surface area contributed by atoms with E-state index in [0.29, 0.717) is 0 Å². The van der Waals surface area contributed by atoms with Crippen molar-refractivity contribution in [3.63, 3.8) is 0 Å². The molecule has 0 unspecified atom stereocenters. The van der Waals surface area contributed by atoms with Crippen LogP contribution >= 0.6 is 15.9 Å². The number of aromatic amines is 1. The number of benzene rings is 1. The molecule has 0 saturated heterocycles. The van der Waals surface area contributed by atoms with Gasteiger partial charge >= 0.3 is 0 Å². The van der Waals surface area contributed by atoms with Crippen LogP contribution in [0.1, 0.15) is 11.3 Å². The maximum Gasteiger partial charge on any atom is 0.175 e. The summed E-state index contributed by atoms with van der Waals surface area (Å²) in [6.07, 6.45) is 0. The maximum atomic E-state index is 4.48. The van der Waals surface area contributed by atoms with Gasteiger partial charge in [0.1, 0.15) is 0 Å². The molecular weight excluding hydrogens is 266 g/mol. The lowest BCUT2D eigenvalue weighted by atomic mass is 10.0. The number of rotatable bonds is 3. The Kier molecular flexibility index (Phi) is 3.41. The van der Waals surface area contributed by atoms with Crippen molar-refractivity contribution < 1.29 is 0 Å². The Morgan fingerprint density at radius 1 is 1.38 bits per heavy atom. The fourth-order valence-electron chi connectivity index (χ4n) is 1.74. The van der Waals surface area contributed by atoms with E-state index in [1.54, 1.807) is 0 Å². The van der Waals surface area contributed by atoms with Gasteiger partial charge in [0.25, 0.3) is 0 Å². The van der Waals surface area contributed by atoms with E-state index < -0.39 is 0 Å². The van der Waals surface area contributed by atoms with Crippen molar-refractivity contribution in [1.29, 1.82) is 0 Å². The van der Waals surface area contributed by atoms with Crippen molar-refractivity contribution in [2.75, 3.05) is 7.05 Å². The molecule has 2 N–H and O–H groups in total. The Hall–Kier alpha value is -1.13. The van der Waals surface area contributed by atoms with Gasteiger partial charge in [0.15, 0.2) is 4.73 Å². The molecule has 0 aliphatic heterocycles. The number of aromatic nitrogens is 2. The fourth-order valence-corrected chi connectivity index (χ4v) is 2.16. The molecule has 2 aromatic rings. The van der Waals surface area contributed by atoms with Crippen LogP contribution in [0.2, 0.25) is 0 Å². The summed E-state index contributed by atoms with van der Waals surface area (Å²) in [4.78, 5) is 7.70. The summed E-state index contributed by atoms with van der Waals surface area (Å²) in [7, 11) is 1.93. The first-order chi connectivity index (χ1) is 7.72. The number of nitrogens with zero attached hydrogens (tertiary/aromatic N) is 1. The van der Waals surface area contributed by atoms with Crippen LogP contribution in [-0.4, -0.2) is 17.0 Å². The molecule has 0 atom stereocenters. The van der Waals surface area contributed by atoms with Crippen LogP contribution in [0.3, 0.4) is 0 Å². The zero-order valence-electron chi connectivity index (χ0n) is 9.34. The monoisotopic (exact) mass is 279 g/mol. The molecule has 0 amide bonds. The van der Waals surface area contributed by atoms with Gasteiger partial charge in [-0.25, -0.2) is 4.98 Å². The molecule has 0 aliphatic rings. The molecule has 0 fully saturated rings. The lowest BCUT2D eigenvalue weighted by Crippen LogP contribution is -2.06. The predicted octanol–water partition coefficient (Wildman–Crippen LogP) is 2.87. The average Bonchev–Trinajstić information content (AvgIpc) is 2.61. The second-order valence-electron chi connectivity index (χ2n) is 3.70. The summed E-state index contributed by atoms with van der Waals surface area (Å²) in [5, 5.41) is 3.13. The minimum atomic E-state index is 0.774. The molecule has 1 aromatic heterocycles. The minimum absolute atomic E-state index is 0.774. The van der Waals surface area contributed by atoms with E-state index >= 15 is 0 Å². The van der Waals surface area contributed by atoms with Crippen LogP contribution in [-0.2, 0) is 6.54 Å². The Labute approximate surface area is 103 Å². The number of hydrogen-bond donors (Lipinski definition) is 2. The van der Waals surface area contributed by atoms with Crippen LogP contribution in [0.25, 0.3) is 11.3 Å². The highest BCUT2D eigenvalue weighted by Gasteiger charge is 2.11. The highest BCUT2D eigenvalue weighted by molar-refractivity contribution is 9.10. The highest BCUT2D eigenvalue weighted by Crippen LogP contribution is 2.26. The van der Waals surface area contributed by atoms with E-state index in [4.69, 9.17) is 0 Å². The lowest BCUT2D eigenvalue weighted by molar-refractivity contribution is 0.797. The van der Waals surface area contributed by atoms with E-state index in [0.717, 1.165) is 22.7 Å². The van der Waals surface area contributed by atoms with Crippen LogP contribution < -0.4 is 5.32 Å². The molecule has 0 bridgehead atoms. The number of nitrogens with one attached hydrogen (secondary N) is 2. The maximum absolute atomic E-state index is 4.48.